The number of carbonyl (C=O) groups excluding carboxylic acids is 2. The molecule has 0 saturated heterocycles. The average Bonchev–Trinajstić information content (AvgIpc) is 3.35. The Morgan fingerprint density at radius 2 is 1.97 bits per heavy atom. The van der Waals surface area contributed by atoms with Gasteiger partial charge in [-0.15, -0.1) is 11.3 Å². The van der Waals surface area contributed by atoms with Gasteiger partial charge in [-0.2, -0.15) is 0 Å². The van der Waals surface area contributed by atoms with E-state index in [-0.39, 0.29) is 49.3 Å². The molecule has 2 atom stereocenters. The van der Waals surface area contributed by atoms with Crippen LogP contribution >= 0.6 is 11.3 Å². The fraction of sp³-hybridized carbons (Fsp3) is 0.357. The van der Waals surface area contributed by atoms with E-state index in [0.29, 0.717) is 12.3 Å². The Kier molecular flexibility index (Phi) is 8.18. The third kappa shape index (κ3) is 6.09. The van der Waals surface area contributed by atoms with Crippen LogP contribution < -0.4 is 4.74 Å². The molecule has 0 unspecified atom stereocenters. The number of hydrogen-bond acceptors (Lipinski definition) is 4. The van der Waals surface area contributed by atoms with Crippen molar-refractivity contribution in [1.29, 1.82) is 0 Å². The lowest BCUT2D eigenvalue weighted by molar-refractivity contribution is -0.144. The lowest BCUT2D eigenvalue weighted by Gasteiger charge is -2.38. The quantitative estimate of drug-likeness (QED) is 0.408. The van der Waals surface area contributed by atoms with Crippen molar-refractivity contribution in [2.75, 3.05) is 19.7 Å². The summed E-state index contributed by atoms with van der Waals surface area (Å²) in [5.41, 5.74) is 2.00. The molecular formula is C28H31FN2O3S. The lowest BCUT2D eigenvalue weighted by Crippen LogP contribution is -2.50. The molecular weight excluding hydrogens is 463 g/mol. The van der Waals surface area contributed by atoms with E-state index in [1.54, 1.807) is 28.4 Å². The van der Waals surface area contributed by atoms with Gasteiger partial charge in [-0.25, -0.2) is 4.39 Å². The summed E-state index contributed by atoms with van der Waals surface area (Å²) in [6.07, 6.45) is 1.80. The van der Waals surface area contributed by atoms with Crippen LogP contribution in [0.25, 0.3) is 0 Å². The van der Waals surface area contributed by atoms with Gasteiger partial charge in [0.2, 0.25) is 11.8 Å². The Bertz CT molecular complexity index is 1150. The molecule has 0 spiro atoms. The largest absolute Gasteiger partial charge is 0.491 e. The van der Waals surface area contributed by atoms with Gasteiger partial charge >= 0.3 is 0 Å². The van der Waals surface area contributed by atoms with Crippen LogP contribution in [0, 0.1) is 5.82 Å². The highest BCUT2D eigenvalue weighted by molar-refractivity contribution is 7.10. The normalized spacial score (nSPS) is 15.9. The van der Waals surface area contributed by atoms with Crippen molar-refractivity contribution in [2.45, 2.75) is 45.2 Å². The van der Waals surface area contributed by atoms with Crippen molar-refractivity contribution in [3.05, 3.63) is 87.9 Å². The maximum Gasteiger partial charge on any atom is 0.242 e. The number of benzene rings is 2. The predicted molar refractivity (Wildman–Crippen MR) is 136 cm³/mol. The van der Waals surface area contributed by atoms with Gasteiger partial charge in [-0.05, 0) is 54.5 Å². The first-order chi connectivity index (χ1) is 17.0. The van der Waals surface area contributed by atoms with E-state index >= 15 is 0 Å². The van der Waals surface area contributed by atoms with E-state index in [4.69, 9.17) is 4.74 Å². The highest BCUT2D eigenvalue weighted by atomic mass is 32.1. The number of ether oxygens (including phenoxy) is 1. The minimum atomic E-state index is -0.364. The lowest BCUT2D eigenvalue weighted by atomic mass is 10.00. The van der Waals surface area contributed by atoms with Gasteiger partial charge in [0.1, 0.15) is 24.7 Å². The Balaban J connectivity index is 1.51. The third-order valence-electron chi connectivity index (χ3n) is 6.57. The van der Waals surface area contributed by atoms with E-state index in [1.165, 1.54) is 17.0 Å². The predicted octanol–water partition coefficient (Wildman–Crippen LogP) is 5.26. The second-order valence-corrected chi connectivity index (χ2v) is 9.86. The Labute approximate surface area is 210 Å². The first-order valence-electron chi connectivity index (χ1n) is 12.0. The summed E-state index contributed by atoms with van der Waals surface area (Å²) in [5, 5.41) is 2.03. The fourth-order valence-electron chi connectivity index (χ4n) is 4.43. The molecule has 1 aromatic heterocycles. The summed E-state index contributed by atoms with van der Waals surface area (Å²) in [6, 6.07) is 17.3. The van der Waals surface area contributed by atoms with Crippen molar-refractivity contribution < 1.29 is 18.7 Å². The number of nitrogens with zero attached hydrogens (tertiary/aromatic N) is 2. The number of amides is 2. The molecule has 0 fully saturated rings. The van der Waals surface area contributed by atoms with Gasteiger partial charge < -0.3 is 14.5 Å². The molecule has 7 heteroatoms. The molecule has 2 amide bonds. The molecule has 2 aromatic carbocycles. The van der Waals surface area contributed by atoms with Crippen molar-refractivity contribution >= 4 is 23.2 Å². The van der Waals surface area contributed by atoms with Crippen LogP contribution in [0.1, 0.15) is 42.3 Å². The van der Waals surface area contributed by atoms with Crippen molar-refractivity contribution in [2.24, 2.45) is 0 Å². The number of thiophene rings is 1. The zero-order valence-electron chi connectivity index (χ0n) is 20.2. The van der Waals surface area contributed by atoms with Gasteiger partial charge in [0, 0.05) is 23.5 Å². The summed E-state index contributed by atoms with van der Waals surface area (Å²) in [4.78, 5) is 31.6. The summed E-state index contributed by atoms with van der Waals surface area (Å²) < 4.78 is 19.6. The molecule has 35 heavy (non-hydrogen) atoms. The minimum Gasteiger partial charge on any atom is -0.491 e. The van der Waals surface area contributed by atoms with Gasteiger partial charge in [0.15, 0.2) is 0 Å². The number of carbonyl (C=O) groups is 2. The molecule has 3 aromatic rings. The van der Waals surface area contributed by atoms with E-state index in [0.717, 1.165) is 24.0 Å². The van der Waals surface area contributed by atoms with Crippen LogP contribution in [0.5, 0.6) is 5.75 Å². The van der Waals surface area contributed by atoms with Crippen LogP contribution in [0.3, 0.4) is 0 Å². The fourth-order valence-corrected chi connectivity index (χ4v) is 5.35. The Morgan fingerprint density at radius 1 is 1.17 bits per heavy atom. The summed E-state index contributed by atoms with van der Waals surface area (Å²) in [7, 11) is 0. The smallest absolute Gasteiger partial charge is 0.242 e. The van der Waals surface area contributed by atoms with Crippen LogP contribution in [-0.4, -0.2) is 47.4 Å². The van der Waals surface area contributed by atoms with Crippen LogP contribution in [0.15, 0.2) is 66.0 Å². The van der Waals surface area contributed by atoms with Gasteiger partial charge in [-0.1, -0.05) is 43.3 Å². The molecule has 0 bridgehead atoms. The molecule has 1 aliphatic rings. The zero-order valence-corrected chi connectivity index (χ0v) is 21.0. The highest BCUT2D eigenvalue weighted by Crippen LogP contribution is 2.34. The van der Waals surface area contributed by atoms with Crippen molar-refractivity contribution in [3.8, 4) is 5.75 Å². The second kappa shape index (κ2) is 11.5. The van der Waals surface area contributed by atoms with Gasteiger partial charge in [0.25, 0.3) is 0 Å². The SMILES string of the molecule is CC[C@H](C)N(CC(=O)N1CCc2sccc2[C@H]1COc1cccc(F)c1)C(=O)Cc1ccccc1. The number of halogens is 1. The van der Waals surface area contributed by atoms with Crippen LogP contribution in [0.2, 0.25) is 0 Å². The van der Waals surface area contributed by atoms with E-state index < -0.39 is 0 Å². The number of fused-ring (bicyclic) bond motifs is 1. The van der Waals surface area contributed by atoms with Gasteiger partial charge in [0.05, 0.1) is 12.5 Å². The van der Waals surface area contributed by atoms with Crippen LogP contribution in [0.4, 0.5) is 4.39 Å². The molecule has 0 N–H and O–H groups in total. The third-order valence-corrected chi connectivity index (χ3v) is 7.56. The summed E-state index contributed by atoms with van der Waals surface area (Å²) in [6.45, 7) is 4.81. The Hall–Kier alpha value is -3.19. The standard InChI is InChI=1S/C28H31FN2O3S/c1-3-20(2)31(27(32)16-21-8-5-4-6-9-21)18-28(33)30-14-12-26-24(13-15-35-26)25(30)19-34-23-11-7-10-22(29)17-23/h4-11,13,15,17,20,25H,3,12,14,16,18-19H2,1-2H3/t20-,25+/m0/s1. The molecule has 184 valence electrons. The van der Waals surface area contributed by atoms with E-state index in [2.05, 4.69) is 0 Å². The first kappa shape index (κ1) is 24.9. The van der Waals surface area contributed by atoms with Crippen LogP contribution in [-0.2, 0) is 22.4 Å². The number of rotatable bonds is 9. The average molecular weight is 495 g/mol. The Morgan fingerprint density at radius 3 is 2.71 bits per heavy atom. The van der Waals surface area contributed by atoms with Crippen molar-refractivity contribution in [1.82, 2.24) is 9.80 Å². The summed E-state index contributed by atoms with van der Waals surface area (Å²) >= 11 is 1.68. The monoisotopic (exact) mass is 494 g/mol. The molecule has 0 aliphatic carbocycles. The highest BCUT2D eigenvalue weighted by Gasteiger charge is 2.34. The van der Waals surface area contributed by atoms with E-state index in [1.807, 2.05) is 60.5 Å². The topological polar surface area (TPSA) is 49.9 Å². The number of hydrogen-bond donors (Lipinski definition) is 0. The van der Waals surface area contributed by atoms with Crippen molar-refractivity contribution in [3.63, 3.8) is 0 Å². The molecule has 0 saturated carbocycles. The second-order valence-electron chi connectivity index (χ2n) is 8.86. The first-order valence-corrected chi connectivity index (χ1v) is 12.9. The maximum atomic E-state index is 13.6. The zero-order chi connectivity index (χ0) is 24.8. The summed E-state index contributed by atoms with van der Waals surface area (Å²) in [5.74, 6) is -0.0912. The maximum absolute atomic E-state index is 13.6. The van der Waals surface area contributed by atoms with Gasteiger partial charge in [-0.3, -0.25) is 9.59 Å². The molecule has 1 aliphatic heterocycles. The minimum absolute atomic E-state index is 0.0244. The molecule has 5 nitrogen and oxygen atoms in total. The molecule has 2 heterocycles. The van der Waals surface area contributed by atoms with E-state index in [9.17, 15) is 14.0 Å². The molecule has 4 rings (SSSR count). The molecule has 0 radical (unpaired) electrons.